The number of benzene rings is 2. The van der Waals surface area contributed by atoms with Crippen molar-refractivity contribution < 1.29 is 4.79 Å². The van der Waals surface area contributed by atoms with Crippen molar-refractivity contribution in [3.05, 3.63) is 96.3 Å². The Kier molecular flexibility index (Phi) is 7.39. The molecular weight excluding hydrogens is 478 g/mol. The van der Waals surface area contributed by atoms with E-state index in [0.29, 0.717) is 30.0 Å². The molecule has 0 spiro atoms. The van der Waals surface area contributed by atoms with Crippen LogP contribution >= 0.6 is 0 Å². The molecule has 0 radical (unpaired) electrons. The summed E-state index contributed by atoms with van der Waals surface area (Å²) in [7, 11) is 0. The Bertz CT molecular complexity index is 1540. The van der Waals surface area contributed by atoms with Crippen LogP contribution in [0.5, 0.6) is 0 Å². The molecule has 192 valence electrons. The first kappa shape index (κ1) is 24.7. The van der Waals surface area contributed by atoms with Crippen LogP contribution in [-0.4, -0.2) is 49.3 Å². The fourth-order valence-corrected chi connectivity index (χ4v) is 4.25. The summed E-state index contributed by atoms with van der Waals surface area (Å²) in [6.07, 6.45) is 10.6. The van der Waals surface area contributed by atoms with E-state index < -0.39 is 0 Å². The van der Waals surface area contributed by atoms with E-state index in [-0.39, 0.29) is 11.7 Å². The molecule has 5 rings (SSSR count). The number of rotatable bonds is 11. The standard InChI is InChI=1S/C28H29N9O/c29-26(30)23-17-35-25-7-2-19(16-22(23)25)8-11-32-27(38)21-5-3-20(4-6-21)24-9-12-34-28(36-24)33-10-1-14-37-15-13-31-18-37/h2-7,9,12-13,15-18,35H,1,8,10-11,14H2,(H3,29,30)(H,32,38)(H,33,34,36). The van der Waals surface area contributed by atoms with Crippen LogP contribution in [0, 0.1) is 5.41 Å². The van der Waals surface area contributed by atoms with Crippen molar-refractivity contribution >= 4 is 28.6 Å². The minimum atomic E-state index is -0.133. The van der Waals surface area contributed by atoms with E-state index in [1.807, 2.05) is 47.2 Å². The van der Waals surface area contributed by atoms with Crippen LogP contribution in [-0.2, 0) is 13.0 Å². The van der Waals surface area contributed by atoms with Gasteiger partial charge in [0.2, 0.25) is 5.95 Å². The summed E-state index contributed by atoms with van der Waals surface area (Å²) in [6.45, 7) is 2.12. The van der Waals surface area contributed by atoms with Gasteiger partial charge in [-0.1, -0.05) is 18.2 Å². The maximum absolute atomic E-state index is 12.7. The molecule has 0 saturated carbocycles. The highest BCUT2D eigenvalue weighted by atomic mass is 16.1. The van der Waals surface area contributed by atoms with E-state index in [1.165, 1.54) is 0 Å². The number of carbonyl (C=O) groups is 1. The minimum absolute atomic E-state index is 0.0289. The Hall–Kier alpha value is -4.99. The average molecular weight is 508 g/mol. The first-order chi connectivity index (χ1) is 18.6. The maximum Gasteiger partial charge on any atom is 0.251 e. The number of aromatic amines is 1. The summed E-state index contributed by atoms with van der Waals surface area (Å²) >= 11 is 0. The van der Waals surface area contributed by atoms with Crippen molar-refractivity contribution in [3.63, 3.8) is 0 Å². The van der Waals surface area contributed by atoms with E-state index in [9.17, 15) is 4.79 Å². The van der Waals surface area contributed by atoms with Gasteiger partial charge >= 0.3 is 0 Å². The number of H-pyrrole nitrogens is 1. The van der Waals surface area contributed by atoms with Gasteiger partial charge < -0.3 is 25.9 Å². The minimum Gasteiger partial charge on any atom is -0.384 e. The molecule has 0 fully saturated rings. The lowest BCUT2D eigenvalue weighted by atomic mass is 10.1. The van der Waals surface area contributed by atoms with Crippen molar-refractivity contribution in [2.45, 2.75) is 19.4 Å². The van der Waals surface area contributed by atoms with Crippen LogP contribution in [0.25, 0.3) is 22.2 Å². The number of anilines is 1. The largest absolute Gasteiger partial charge is 0.384 e. The summed E-state index contributed by atoms with van der Waals surface area (Å²) in [6, 6.07) is 15.2. The lowest BCUT2D eigenvalue weighted by Gasteiger charge is -2.09. The van der Waals surface area contributed by atoms with Gasteiger partial charge in [0, 0.05) is 72.0 Å². The van der Waals surface area contributed by atoms with Crippen molar-refractivity contribution in [1.82, 2.24) is 29.8 Å². The molecule has 6 N–H and O–H groups in total. The van der Waals surface area contributed by atoms with Gasteiger partial charge in [0.25, 0.3) is 5.91 Å². The fourth-order valence-electron chi connectivity index (χ4n) is 4.25. The molecule has 10 heteroatoms. The molecule has 0 aliphatic rings. The number of aryl methyl sites for hydroxylation is 1. The number of carbonyl (C=O) groups excluding carboxylic acids is 1. The number of nitrogens with one attached hydrogen (secondary N) is 4. The van der Waals surface area contributed by atoms with Crippen LogP contribution in [0.2, 0.25) is 0 Å². The second kappa shape index (κ2) is 11.4. The number of nitrogens with zero attached hydrogens (tertiary/aromatic N) is 4. The highest BCUT2D eigenvalue weighted by Gasteiger charge is 2.09. The summed E-state index contributed by atoms with van der Waals surface area (Å²) in [5.74, 6) is 0.469. The number of amides is 1. The Morgan fingerprint density at radius 3 is 2.74 bits per heavy atom. The maximum atomic E-state index is 12.7. The molecule has 0 saturated heterocycles. The number of imidazole rings is 1. The number of hydrogen-bond acceptors (Lipinski definition) is 6. The zero-order chi connectivity index (χ0) is 26.3. The molecule has 0 bridgehead atoms. The van der Waals surface area contributed by atoms with E-state index in [4.69, 9.17) is 11.1 Å². The Labute approximate surface area is 219 Å². The predicted molar refractivity (Wildman–Crippen MR) is 148 cm³/mol. The van der Waals surface area contributed by atoms with Crippen LogP contribution in [0.15, 0.2) is 79.6 Å². The summed E-state index contributed by atoms with van der Waals surface area (Å²) in [5, 5.41) is 14.9. The molecule has 38 heavy (non-hydrogen) atoms. The van der Waals surface area contributed by atoms with Crippen LogP contribution in [0.4, 0.5) is 5.95 Å². The van der Waals surface area contributed by atoms with Crippen molar-refractivity contribution in [2.24, 2.45) is 5.73 Å². The highest BCUT2D eigenvalue weighted by Crippen LogP contribution is 2.20. The molecular formula is C28H29N9O. The molecule has 2 aromatic carbocycles. The zero-order valence-electron chi connectivity index (χ0n) is 20.8. The van der Waals surface area contributed by atoms with E-state index >= 15 is 0 Å². The molecule has 3 aromatic heterocycles. The molecule has 0 unspecified atom stereocenters. The first-order valence-electron chi connectivity index (χ1n) is 12.4. The van der Waals surface area contributed by atoms with Gasteiger partial charge in [-0.3, -0.25) is 10.2 Å². The second-order valence-corrected chi connectivity index (χ2v) is 8.93. The zero-order valence-corrected chi connectivity index (χ0v) is 20.8. The van der Waals surface area contributed by atoms with Crippen molar-refractivity contribution in [1.29, 1.82) is 5.41 Å². The Morgan fingerprint density at radius 1 is 1.08 bits per heavy atom. The lowest BCUT2D eigenvalue weighted by molar-refractivity contribution is 0.0954. The fraction of sp³-hybridized carbons (Fsp3) is 0.179. The molecule has 0 aliphatic heterocycles. The summed E-state index contributed by atoms with van der Waals surface area (Å²) in [5.41, 5.74) is 10.6. The van der Waals surface area contributed by atoms with Crippen LogP contribution < -0.4 is 16.4 Å². The number of nitrogen functional groups attached to an aromatic ring is 1. The number of hydrogen-bond donors (Lipinski definition) is 5. The van der Waals surface area contributed by atoms with Gasteiger partial charge in [0.1, 0.15) is 5.84 Å². The number of amidine groups is 1. The smallest absolute Gasteiger partial charge is 0.251 e. The topological polar surface area (TPSA) is 150 Å². The molecule has 0 atom stereocenters. The molecule has 0 aliphatic carbocycles. The average Bonchev–Trinajstić information content (AvgIpc) is 3.61. The third kappa shape index (κ3) is 5.86. The van der Waals surface area contributed by atoms with E-state index in [0.717, 1.165) is 47.2 Å². The number of nitrogens with two attached hydrogens (primary N) is 1. The quantitative estimate of drug-likeness (QED) is 0.105. The highest BCUT2D eigenvalue weighted by molar-refractivity contribution is 6.07. The third-order valence-electron chi connectivity index (χ3n) is 6.27. The molecule has 10 nitrogen and oxygen atoms in total. The number of fused-ring (bicyclic) bond motifs is 1. The first-order valence-corrected chi connectivity index (χ1v) is 12.4. The van der Waals surface area contributed by atoms with Gasteiger partial charge in [-0.15, -0.1) is 0 Å². The molecule has 1 amide bonds. The third-order valence-corrected chi connectivity index (χ3v) is 6.27. The Morgan fingerprint density at radius 2 is 1.95 bits per heavy atom. The van der Waals surface area contributed by atoms with E-state index in [2.05, 4.69) is 30.6 Å². The van der Waals surface area contributed by atoms with E-state index in [1.54, 1.807) is 37.1 Å². The van der Waals surface area contributed by atoms with Crippen LogP contribution in [0.3, 0.4) is 0 Å². The number of aromatic nitrogens is 5. The van der Waals surface area contributed by atoms with Crippen LogP contribution in [0.1, 0.15) is 27.9 Å². The predicted octanol–water partition coefficient (Wildman–Crippen LogP) is 3.58. The SMILES string of the molecule is N=C(N)c1c[nH]c2ccc(CCNC(=O)c3ccc(-c4ccnc(NCCCn5ccnc5)n4)cc3)cc12. The monoisotopic (exact) mass is 507 g/mol. The molecule has 3 heterocycles. The Balaban J connectivity index is 1.13. The van der Waals surface area contributed by atoms with Gasteiger partial charge in [-0.05, 0) is 48.7 Å². The normalized spacial score (nSPS) is 10.9. The van der Waals surface area contributed by atoms with Gasteiger partial charge in [0.05, 0.1) is 12.0 Å². The van der Waals surface area contributed by atoms with Crippen molar-refractivity contribution in [2.75, 3.05) is 18.4 Å². The van der Waals surface area contributed by atoms with Gasteiger partial charge in [0.15, 0.2) is 0 Å². The lowest BCUT2D eigenvalue weighted by Crippen LogP contribution is -2.25. The van der Waals surface area contributed by atoms with Gasteiger partial charge in [-0.2, -0.15) is 0 Å². The summed E-state index contributed by atoms with van der Waals surface area (Å²) < 4.78 is 2.03. The second-order valence-electron chi connectivity index (χ2n) is 8.93. The van der Waals surface area contributed by atoms with Gasteiger partial charge in [-0.25, -0.2) is 15.0 Å². The van der Waals surface area contributed by atoms with Crippen molar-refractivity contribution in [3.8, 4) is 11.3 Å². The summed E-state index contributed by atoms with van der Waals surface area (Å²) in [4.78, 5) is 28.8. The molecule has 5 aromatic rings.